The molecule has 2 rings (SSSR count). The molecule has 0 aliphatic heterocycles. The summed E-state index contributed by atoms with van der Waals surface area (Å²) in [7, 11) is -3.95. The first-order valence-corrected chi connectivity index (χ1v) is 7.12. The lowest BCUT2D eigenvalue weighted by molar-refractivity contribution is -0.384. The van der Waals surface area contributed by atoms with Gasteiger partial charge in [-0.05, 0) is 24.6 Å². The Hall–Kier alpha value is -2.42. The molecule has 0 unspecified atom stereocenters. The van der Waals surface area contributed by atoms with Crippen LogP contribution in [0.4, 0.5) is 5.69 Å². The maximum Gasteiger partial charge on any atom is 0.355 e. The van der Waals surface area contributed by atoms with Gasteiger partial charge < -0.3 is 8.60 Å². The molecule has 1 heterocycles. The summed E-state index contributed by atoms with van der Waals surface area (Å²) >= 11 is 0. The van der Waals surface area contributed by atoms with Gasteiger partial charge in [-0.25, -0.2) is 4.79 Å². The maximum absolute atomic E-state index is 11.3. The highest BCUT2D eigenvalue weighted by atomic mass is 32.2. The molecule has 1 aromatic carbocycles. The zero-order valence-corrected chi connectivity index (χ0v) is 11.3. The van der Waals surface area contributed by atoms with Crippen LogP contribution in [0.5, 0.6) is 5.75 Å². The van der Waals surface area contributed by atoms with Crippen LogP contribution in [0.2, 0.25) is 0 Å². The molecule has 106 valence electrons. The fourth-order valence-corrected chi connectivity index (χ4v) is 2.22. The van der Waals surface area contributed by atoms with Gasteiger partial charge in [-0.1, -0.05) is 0 Å². The predicted octanol–water partition coefficient (Wildman–Crippen LogP) is 1.35. The topological polar surface area (TPSA) is 117 Å². The van der Waals surface area contributed by atoms with Gasteiger partial charge in [0, 0.05) is 11.5 Å². The number of nitro benzene ring substituents is 1. The first-order chi connectivity index (χ1) is 9.19. The van der Waals surface area contributed by atoms with Crippen molar-refractivity contribution in [3.63, 3.8) is 0 Å². The maximum atomic E-state index is 11.3. The van der Waals surface area contributed by atoms with Crippen LogP contribution in [-0.4, -0.2) is 19.6 Å². The average molecular weight is 299 g/mol. The van der Waals surface area contributed by atoms with Crippen LogP contribution in [0.25, 0.3) is 11.0 Å². The van der Waals surface area contributed by atoms with Crippen molar-refractivity contribution in [3.8, 4) is 5.75 Å². The Morgan fingerprint density at radius 2 is 2.00 bits per heavy atom. The third kappa shape index (κ3) is 2.62. The molecular formula is C11H9NO7S. The SMILES string of the molecule is Cc1cc(=O)oc2c([N+](=O)[O-])c(OS(C)(=O)=O)ccc12. The number of aryl methyl sites for hydroxylation is 1. The molecule has 0 spiro atoms. The van der Waals surface area contributed by atoms with E-state index in [-0.39, 0.29) is 5.58 Å². The van der Waals surface area contributed by atoms with Gasteiger partial charge in [-0.3, -0.25) is 10.1 Å². The van der Waals surface area contributed by atoms with Crippen LogP contribution in [-0.2, 0) is 10.1 Å². The summed E-state index contributed by atoms with van der Waals surface area (Å²) in [6, 6.07) is 3.72. The standard InChI is InChI=1S/C11H9NO7S/c1-6-5-9(13)18-11-7(6)3-4-8(10(11)12(14)15)19-20(2,16)17/h3-5H,1-2H3. The van der Waals surface area contributed by atoms with E-state index in [1.165, 1.54) is 12.1 Å². The molecule has 0 saturated heterocycles. The van der Waals surface area contributed by atoms with E-state index in [0.29, 0.717) is 10.9 Å². The predicted molar refractivity (Wildman–Crippen MR) is 69.3 cm³/mol. The Labute approximate surface area is 112 Å². The van der Waals surface area contributed by atoms with Crippen LogP contribution in [0, 0.1) is 17.0 Å². The third-order valence-corrected chi connectivity index (χ3v) is 2.96. The van der Waals surface area contributed by atoms with Crippen molar-refractivity contribution < 1.29 is 21.9 Å². The molecular weight excluding hydrogens is 290 g/mol. The lowest BCUT2D eigenvalue weighted by Gasteiger charge is -2.06. The summed E-state index contributed by atoms with van der Waals surface area (Å²) in [6.07, 6.45) is 0.757. The minimum absolute atomic E-state index is 0.318. The second-order valence-electron chi connectivity index (χ2n) is 4.08. The van der Waals surface area contributed by atoms with Crippen molar-refractivity contribution in [1.82, 2.24) is 0 Å². The molecule has 0 saturated carbocycles. The average Bonchev–Trinajstić information content (AvgIpc) is 2.24. The number of fused-ring (bicyclic) bond motifs is 1. The highest BCUT2D eigenvalue weighted by molar-refractivity contribution is 7.86. The molecule has 1 aromatic heterocycles. The van der Waals surface area contributed by atoms with Gasteiger partial charge in [0.15, 0.2) is 0 Å². The summed E-state index contributed by atoms with van der Waals surface area (Å²) < 4.78 is 31.6. The summed E-state index contributed by atoms with van der Waals surface area (Å²) in [4.78, 5) is 21.6. The van der Waals surface area contributed by atoms with Crippen LogP contribution in [0.15, 0.2) is 27.4 Å². The smallest absolute Gasteiger partial charge is 0.355 e. The Kier molecular flexibility index (Phi) is 3.22. The van der Waals surface area contributed by atoms with Crippen LogP contribution >= 0.6 is 0 Å². The van der Waals surface area contributed by atoms with E-state index >= 15 is 0 Å². The number of nitro groups is 1. The van der Waals surface area contributed by atoms with Crippen molar-refractivity contribution in [2.45, 2.75) is 6.92 Å². The summed E-state index contributed by atoms with van der Waals surface area (Å²) in [5.41, 5.74) is -1.31. The number of rotatable bonds is 3. The minimum atomic E-state index is -3.95. The monoisotopic (exact) mass is 299 g/mol. The van der Waals surface area contributed by atoms with Crippen molar-refractivity contribution in [3.05, 3.63) is 44.3 Å². The van der Waals surface area contributed by atoms with Crippen molar-refractivity contribution in [2.75, 3.05) is 6.26 Å². The molecule has 0 aliphatic carbocycles. The quantitative estimate of drug-likeness (QED) is 0.363. The van der Waals surface area contributed by atoms with Gasteiger partial charge in [0.05, 0.1) is 11.2 Å². The number of hydrogen-bond donors (Lipinski definition) is 0. The zero-order valence-electron chi connectivity index (χ0n) is 10.4. The van der Waals surface area contributed by atoms with Gasteiger partial charge >= 0.3 is 21.4 Å². The van der Waals surface area contributed by atoms with E-state index in [4.69, 9.17) is 4.42 Å². The molecule has 20 heavy (non-hydrogen) atoms. The van der Waals surface area contributed by atoms with E-state index in [2.05, 4.69) is 4.18 Å². The van der Waals surface area contributed by atoms with Crippen molar-refractivity contribution in [2.24, 2.45) is 0 Å². The lowest BCUT2D eigenvalue weighted by Crippen LogP contribution is -2.08. The highest BCUT2D eigenvalue weighted by Gasteiger charge is 2.25. The molecule has 8 nitrogen and oxygen atoms in total. The molecule has 0 aliphatic rings. The van der Waals surface area contributed by atoms with Gasteiger partial charge in [0.25, 0.3) is 0 Å². The van der Waals surface area contributed by atoms with Gasteiger partial charge in [0.2, 0.25) is 11.3 Å². The Morgan fingerprint density at radius 3 is 2.55 bits per heavy atom. The molecule has 0 radical (unpaired) electrons. The molecule has 0 amide bonds. The first-order valence-electron chi connectivity index (χ1n) is 5.30. The minimum Gasteiger partial charge on any atom is -0.415 e. The molecule has 0 bridgehead atoms. The molecule has 9 heteroatoms. The summed E-state index contributed by atoms with van der Waals surface area (Å²) in [6.45, 7) is 1.58. The van der Waals surface area contributed by atoms with E-state index in [0.717, 1.165) is 12.3 Å². The van der Waals surface area contributed by atoms with Crippen molar-refractivity contribution in [1.29, 1.82) is 0 Å². The van der Waals surface area contributed by atoms with E-state index in [1.54, 1.807) is 6.92 Å². The van der Waals surface area contributed by atoms with Gasteiger partial charge in [0.1, 0.15) is 0 Å². The van der Waals surface area contributed by atoms with E-state index < -0.39 is 32.1 Å². The van der Waals surface area contributed by atoms with Gasteiger partial charge in [-0.15, -0.1) is 0 Å². The lowest BCUT2D eigenvalue weighted by atomic mass is 10.1. The van der Waals surface area contributed by atoms with Crippen molar-refractivity contribution >= 4 is 26.8 Å². The Bertz CT molecular complexity index is 866. The molecule has 2 aromatic rings. The highest BCUT2D eigenvalue weighted by Crippen LogP contribution is 2.36. The zero-order chi connectivity index (χ0) is 15.1. The molecule has 0 fully saturated rings. The third-order valence-electron chi connectivity index (χ3n) is 2.48. The Balaban J connectivity index is 2.89. The number of hydrogen-bond acceptors (Lipinski definition) is 7. The van der Waals surface area contributed by atoms with Crippen LogP contribution in [0.3, 0.4) is 0 Å². The second-order valence-corrected chi connectivity index (χ2v) is 5.66. The first kappa shape index (κ1) is 14.0. The van der Waals surface area contributed by atoms with E-state index in [1.807, 2.05) is 0 Å². The summed E-state index contributed by atoms with van der Waals surface area (Å²) in [5.74, 6) is -0.501. The van der Waals surface area contributed by atoms with Crippen LogP contribution < -0.4 is 9.81 Å². The fraction of sp³-hybridized carbons (Fsp3) is 0.182. The van der Waals surface area contributed by atoms with Crippen LogP contribution in [0.1, 0.15) is 5.56 Å². The van der Waals surface area contributed by atoms with Gasteiger partial charge in [-0.2, -0.15) is 8.42 Å². The summed E-state index contributed by atoms with van der Waals surface area (Å²) in [5, 5.41) is 11.4. The molecule has 0 atom stereocenters. The number of nitrogens with zero attached hydrogens (tertiary/aromatic N) is 1. The second kappa shape index (κ2) is 4.60. The largest absolute Gasteiger partial charge is 0.415 e. The molecule has 0 N–H and O–H groups in total. The fourth-order valence-electron chi connectivity index (χ4n) is 1.75. The van der Waals surface area contributed by atoms with E-state index in [9.17, 15) is 23.3 Å². The number of benzene rings is 1. The normalized spacial score (nSPS) is 11.5. The Morgan fingerprint density at radius 1 is 1.35 bits per heavy atom.